The van der Waals surface area contributed by atoms with Crippen molar-refractivity contribution >= 4 is 23.2 Å². The van der Waals surface area contributed by atoms with Crippen LogP contribution in [0.4, 0.5) is 10.3 Å². The topological polar surface area (TPSA) is 110 Å². The van der Waals surface area contributed by atoms with E-state index in [4.69, 9.17) is 5.73 Å². The van der Waals surface area contributed by atoms with Crippen LogP contribution in [0.2, 0.25) is 0 Å². The van der Waals surface area contributed by atoms with Crippen LogP contribution in [0.15, 0.2) is 36.5 Å². The van der Waals surface area contributed by atoms with E-state index in [-0.39, 0.29) is 11.7 Å². The molecule has 1 aromatic carbocycles. The van der Waals surface area contributed by atoms with Gasteiger partial charge in [0, 0.05) is 25.2 Å². The minimum absolute atomic E-state index is 0.281. The van der Waals surface area contributed by atoms with Gasteiger partial charge in [-0.15, -0.1) is 10.2 Å². The molecule has 0 spiro atoms. The molecule has 4 rings (SSSR count). The predicted octanol–water partition coefficient (Wildman–Crippen LogP) is 2.36. The molecule has 0 aliphatic carbocycles. The van der Waals surface area contributed by atoms with E-state index >= 15 is 0 Å². The molecule has 30 heavy (non-hydrogen) atoms. The lowest BCUT2D eigenvalue weighted by molar-refractivity contribution is 0.0950. The van der Waals surface area contributed by atoms with Gasteiger partial charge in [-0.1, -0.05) is 23.5 Å². The van der Waals surface area contributed by atoms with E-state index in [0.717, 1.165) is 42.2 Å². The molecule has 8 nitrogen and oxygen atoms in total. The van der Waals surface area contributed by atoms with E-state index in [1.165, 1.54) is 23.5 Å². The van der Waals surface area contributed by atoms with Crippen molar-refractivity contribution in [3.8, 4) is 0 Å². The van der Waals surface area contributed by atoms with E-state index in [1.807, 2.05) is 6.07 Å². The van der Waals surface area contributed by atoms with Crippen LogP contribution in [-0.2, 0) is 13.1 Å². The van der Waals surface area contributed by atoms with Crippen molar-refractivity contribution in [2.75, 3.05) is 18.8 Å². The summed E-state index contributed by atoms with van der Waals surface area (Å²) >= 11 is 1.29. The number of nitrogens with two attached hydrogens (primary N) is 1. The first-order chi connectivity index (χ1) is 14.6. The number of carbonyl (C=O) groups is 1. The molecule has 3 N–H and O–H groups in total. The number of halogens is 1. The Labute approximate surface area is 177 Å². The summed E-state index contributed by atoms with van der Waals surface area (Å²) in [5, 5.41) is 12.1. The van der Waals surface area contributed by atoms with Gasteiger partial charge in [0.2, 0.25) is 11.0 Å². The van der Waals surface area contributed by atoms with Crippen molar-refractivity contribution < 1.29 is 9.18 Å². The molecule has 10 heteroatoms. The summed E-state index contributed by atoms with van der Waals surface area (Å²) in [7, 11) is 0. The third-order valence-electron chi connectivity index (χ3n) is 5.01. The number of carbonyl (C=O) groups excluding carboxylic acids is 1. The van der Waals surface area contributed by atoms with Gasteiger partial charge < -0.3 is 11.1 Å². The number of hydrogen-bond acceptors (Lipinski definition) is 8. The number of nitrogen functional groups attached to an aromatic ring is 1. The van der Waals surface area contributed by atoms with Gasteiger partial charge in [0.1, 0.15) is 10.8 Å². The number of amides is 1. The molecule has 3 aromatic rings. The molecule has 156 valence electrons. The molecule has 1 aliphatic rings. The maximum atomic E-state index is 13.0. The minimum Gasteiger partial charge on any atom is -0.368 e. The summed E-state index contributed by atoms with van der Waals surface area (Å²) in [4.78, 5) is 23.0. The second-order valence-electron chi connectivity index (χ2n) is 7.22. The number of likely N-dealkylation sites (tertiary alicyclic amines) is 1. The second kappa shape index (κ2) is 9.23. The molecule has 1 aliphatic heterocycles. The summed E-state index contributed by atoms with van der Waals surface area (Å²) in [6, 6.07) is 7.93. The third-order valence-corrected chi connectivity index (χ3v) is 5.91. The summed E-state index contributed by atoms with van der Waals surface area (Å²) < 4.78 is 13.0. The smallest absolute Gasteiger partial charge is 0.282 e. The monoisotopic (exact) mass is 427 g/mol. The van der Waals surface area contributed by atoms with Gasteiger partial charge in [0.05, 0.1) is 12.2 Å². The number of aromatic nitrogens is 4. The fourth-order valence-corrected chi connectivity index (χ4v) is 4.32. The molecule has 1 amide bonds. The first-order valence-corrected chi connectivity index (χ1v) is 10.5. The Balaban J connectivity index is 1.32. The van der Waals surface area contributed by atoms with Crippen molar-refractivity contribution in [2.45, 2.75) is 31.8 Å². The summed E-state index contributed by atoms with van der Waals surface area (Å²) in [6.45, 7) is 2.76. The fourth-order valence-electron chi connectivity index (χ4n) is 3.52. The number of anilines is 1. The molecule has 0 unspecified atom stereocenters. The normalized spacial score (nSPS) is 17.0. The molecule has 1 saturated heterocycles. The van der Waals surface area contributed by atoms with Gasteiger partial charge in [0.15, 0.2) is 0 Å². The number of benzene rings is 1. The lowest BCUT2D eigenvalue weighted by Gasteiger charge is -2.31. The first-order valence-electron chi connectivity index (χ1n) is 9.72. The second-order valence-corrected chi connectivity index (χ2v) is 8.29. The van der Waals surface area contributed by atoms with E-state index in [9.17, 15) is 9.18 Å². The van der Waals surface area contributed by atoms with Gasteiger partial charge in [-0.25, -0.2) is 14.4 Å². The SMILES string of the molecule is Nc1nccc([C@@H]2CCCN(Cc3nnc(C(=O)NCc4ccc(F)cc4)s3)C2)n1. The third kappa shape index (κ3) is 5.14. The summed E-state index contributed by atoms with van der Waals surface area (Å²) in [6.07, 6.45) is 3.80. The highest BCUT2D eigenvalue weighted by atomic mass is 32.1. The number of hydrogen-bond donors (Lipinski definition) is 2. The Morgan fingerprint density at radius 3 is 2.90 bits per heavy atom. The van der Waals surface area contributed by atoms with Gasteiger partial charge in [-0.2, -0.15) is 0 Å². The number of rotatable bonds is 6. The van der Waals surface area contributed by atoms with E-state index in [2.05, 4.69) is 30.4 Å². The lowest BCUT2D eigenvalue weighted by atomic mass is 9.94. The van der Waals surface area contributed by atoms with Crippen LogP contribution in [0.5, 0.6) is 0 Å². The zero-order valence-electron chi connectivity index (χ0n) is 16.3. The van der Waals surface area contributed by atoms with Crippen molar-refractivity contribution in [3.05, 3.63) is 63.6 Å². The number of nitrogens with zero attached hydrogens (tertiary/aromatic N) is 5. The Kier molecular flexibility index (Phi) is 6.24. The molecular weight excluding hydrogens is 405 g/mol. The molecule has 1 fully saturated rings. The van der Waals surface area contributed by atoms with Crippen molar-refractivity contribution in [1.29, 1.82) is 0 Å². The van der Waals surface area contributed by atoms with Crippen molar-refractivity contribution in [1.82, 2.24) is 30.4 Å². The Morgan fingerprint density at radius 1 is 1.27 bits per heavy atom. The van der Waals surface area contributed by atoms with Crippen LogP contribution in [0.25, 0.3) is 0 Å². The maximum absolute atomic E-state index is 13.0. The molecule has 0 bridgehead atoms. The predicted molar refractivity (Wildman–Crippen MR) is 111 cm³/mol. The average Bonchev–Trinajstić information content (AvgIpc) is 3.22. The molecule has 1 atom stereocenters. The van der Waals surface area contributed by atoms with Crippen LogP contribution in [0, 0.1) is 5.82 Å². The van der Waals surface area contributed by atoms with Crippen molar-refractivity contribution in [2.24, 2.45) is 0 Å². The Morgan fingerprint density at radius 2 is 2.10 bits per heavy atom. The quantitative estimate of drug-likeness (QED) is 0.621. The largest absolute Gasteiger partial charge is 0.368 e. The van der Waals surface area contributed by atoms with Crippen LogP contribution in [0.3, 0.4) is 0 Å². The maximum Gasteiger partial charge on any atom is 0.282 e. The van der Waals surface area contributed by atoms with Crippen LogP contribution in [-0.4, -0.2) is 44.1 Å². The van der Waals surface area contributed by atoms with E-state index in [0.29, 0.717) is 30.0 Å². The van der Waals surface area contributed by atoms with Crippen LogP contribution >= 0.6 is 11.3 Å². The molecule has 0 saturated carbocycles. The van der Waals surface area contributed by atoms with E-state index in [1.54, 1.807) is 18.3 Å². The highest BCUT2D eigenvalue weighted by Gasteiger charge is 2.24. The summed E-state index contributed by atoms with van der Waals surface area (Å²) in [5.41, 5.74) is 7.50. The van der Waals surface area contributed by atoms with Gasteiger partial charge >= 0.3 is 0 Å². The highest BCUT2D eigenvalue weighted by molar-refractivity contribution is 7.13. The Bertz CT molecular complexity index is 1010. The molecule has 3 heterocycles. The van der Waals surface area contributed by atoms with Crippen LogP contribution in [0.1, 0.15) is 44.8 Å². The van der Waals surface area contributed by atoms with E-state index < -0.39 is 0 Å². The molecule has 0 radical (unpaired) electrons. The first kappa shape index (κ1) is 20.3. The summed E-state index contributed by atoms with van der Waals surface area (Å²) in [5.74, 6) is 0.0125. The standard InChI is InChI=1S/C20H22FN7OS/c21-15-5-3-13(4-6-15)10-24-18(29)19-27-26-17(30-19)12-28-9-1-2-14(11-28)16-7-8-23-20(22)25-16/h3-8,14H,1-2,9-12H2,(H,24,29)(H2,22,23,25)/t14-/m1/s1. The highest BCUT2D eigenvalue weighted by Crippen LogP contribution is 2.27. The van der Waals surface area contributed by atoms with Crippen molar-refractivity contribution in [3.63, 3.8) is 0 Å². The average molecular weight is 428 g/mol. The zero-order chi connectivity index (χ0) is 20.9. The number of nitrogens with one attached hydrogen (secondary N) is 1. The minimum atomic E-state index is -0.304. The Hall–Kier alpha value is -2.98. The zero-order valence-corrected chi connectivity index (χ0v) is 17.1. The number of piperidine rings is 1. The fraction of sp³-hybridized carbons (Fsp3) is 0.350. The molecular formula is C20H22FN7OS. The van der Waals surface area contributed by atoms with Gasteiger partial charge in [0.25, 0.3) is 5.91 Å². The molecule has 2 aromatic heterocycles. The van der Waals surface area contributed by atoms with Gasteiger partial charge in [-0.3, -0.25) is 9.69 Å². The lowest BCUT2D eigenvalue weighted by Crippen LogP contribution is -2.34. The van der Waals surface area contributed by atoms with Gasteiger partial charge in [-0.05, 0) is 43.1 Å². The van der Waals surface area contributed by atoms with Crippen LogP contribution < -0.4 is 11.1 Å².